The van der Waals surface area contributed by atoms with Gasteiger partial charge in [0.05, 0.1) is 39.3 Å². The number of nitrogens with zero attached hydrogens (tertiary/aromatic N) is 4. The Kier molecular flexibility index (Phi) is 3.34. The van der Waals surface area contributed by atoms with Gasteiger partial charge >= 0.3 is 5.69 Å². The van der Waals surface area contributed by atoms with Crippen molar-refractivity contribution in [2.45, 2.75) is 6.92 Å². The van der Waals surface area contributed by atoms with Crippen molar-refractivity contribution in [2.24, 2.45) is 14.1 Å². The van der Waals surface area contributed by atoms with Crippen LogP contribution in [0.4, 0.5) is 0 Å². The summed E-state index contributed by atoms with van der Waals surface area (Å²) < 4.78 is 4.74. The second-order valence-corrected chi connectivity index (χ2v) is 7.12. The van der Waals surface area contributed by atoms with Gasteiger partial charge in [0.25, 0.3) is 5.56 Å². The Labute approximate surface area is 159 Å². The van der Waals surface area contributed by atoms with Crippen LogP contribution < -0.4 is 11.2 Å². The molecule has 6 nitrogen and oxygen atoms in total. The topological polar surface area (TPSA) is 61.3 Å². The van der Waals surface area contributed by atoms with Gasteiger partial charge in [-0.25, -0.2) is 4.79 Å². The molecule has 28 heavy (non-hydrogen) atoms. The van der Waals surface area contributed by atoms with Crippen molar-refractivity contribution in [1.29, 1.82) is 0 Å². The first-order valence-electron chi connectivity index (χ1n) is 9.04. The van der Waals surface area contributed by atoms with E-state index in [9.17, 15) is 9.59 Å². The lowest BCUT2D eigenvalue weighted by Gasteiger charge is -2.08. The van der Waals surface area contributed by atoms with Crippen molar-refractivity contribution in [2.75, 3.05) is 0 Å². The highest BCUT2D eigenvalue weighted by atomic mass is 16.2. The first-order valence-corrected chi connectivity index (χ1v) is 9.04. The standard InChI is InChI=1S/C22H18N4O2/c1-13-7-6-8-14(11-13)19-18-20(24(2)22(28)25(3)21(18)27)17-12-23-15-9-4-5-10-16(15)26(17)19/h4-12H,1-3H3. The molecule has 0 spiro atoms. The quantitative estimate of drug-likeness (QED) is 0.456. The molecule has 0 saturated heterocycles. The molecule has 3 heterocycles. The van der Waals surface area contributed by atoms with Crippen molar-refractivity contribution in [3.05, 3.63) is 81.1 Å². The lowest BCUT2D eigenvalue weighted by molar-refractivity contribution is 0.716. The Morgan fingerprint density at radius 1 is 0.893 bits per heavy atom. The molecular formula is C22H18N4O2. The van der Waals surface area contributed by atoms with E-state index < -0.39 is 0 Å². The number of hydrogen-bond acceptors (Lipinski definition) is 3. The average Bonchev–Trinajstić information content (AvgIpc) is 3.06. The highest BCUT2D eigenvalue weighted by Crippen LogP contribution is 2.34. The van der Waals surface area contributed by atoms with Crippen molar-refractivity contribution in [3.8, 4) is 11.3 Å². The largest absolute Gasteiger partial charge is 0.331 e. The molecule has 0 aliphatic rings. The van der Waals surface area contributed by atoms with E-state index >= 15 is 0 Å². The molecule has 5 rings (SSSR count). The fraction of sp³-hybridized carbons (Fsp3) is 0.136. The number of benzene rings is 2. The van der Waals surface area contributed by atoms with Crippen molar-refractivity contribution in [1.82, 2.24) is 18.5 Å². The number of para-hydroxylation sites is 2. The second kappa shape index (κ2) is 5.66. The summed E-state index contributed by atoms with van der Waals surface area (Å²) in [5.41, 5.74) is 5.20. The fourth-order valence-electron chi connectivity index (χ4n) is 4.02. The van der Waals surface area contributed by atoms with Gasteiger partial charge in [-0.2, -0.15) is 0 Å². The lowest BCUT2D eigenvalue weighted by atomic mass is 10.1. The van der Waals surface area contributed by atoms with Gasteiger partial charge in [-0.1, -0.05) is 35.9 Å². The van der Waals surface area contributed by atoms with E-state index in [-0.39, 0.29) is 11.2 Å². The minimum atomic E-state index is -0.353. The summed E-state index contributed by atoms with van der Waals surface area (Å²) in [6.45, 7) is 2.02. The number of aromatic nitrogens is 4. The van der Waals surface area contributed by atoms with Crippen molar-refractivity contribution in [3.63, 3.8) is 0 Å². The Hall–Kier alpha value is -3.67. The van der Waals surface area contributed by atoms with E-state index in [0.29, 0.717) is 10.9 Å². The van der Waals surface area contributed by atoms with Crippen LogP contribution in [0.1, 0.15) is 5.56 Å². The summed E-state index contributed by atoms with van der Waals surface area (Å²) >= 11 is 0. The van der Waals surface area contributed by atoms with Gasteiger partial charge in [-0.3, -0.25) is 18.9 Å². The molecule has 0 aliphatic carbocycles. The van der Waals surface area contributed by atoms with Gasteiger partial charge in [0.15, 0.2) is 0 Å². The summed E-state index contributed by atoms with van der Waals surface area (Å²) in [6, 6.07) is 15.9. The van der Waals surface area contributed by atoms with E-state index in [2.05, 4.69) is 11.1 Å². The minimum Gasteiger partial charge on any atom is -0.303 e. The average molecular weight is 370 g/mol. The monoisotopic (exact) mass is 370 g/mol. The first-order chi connectivity index (χ1) is 13.5. The Morgan fingerprint density at radius 2 is 1.68 bits per heavy atom. The third-order valence-corrected chi connectivity index (χ3v) is 5.35. The third kappa shape index (κ3) is 2.05. The van der Waals surface area contributed by atoms with Crippen LogP contribution >= 0.6 is 0 Å². The lowest BCUT2D eigenvalue weighted by Crippen LogP contribution is -2.36. The van der Waals surface area contributed by atoms with Crippen LogP contribution in [0.15, 0.2) is 64.3 Å². The fourth-order valence-corrected chi connectivity index (χ4v) is 4.02. The van der Waals surface area contributed by atoms with E-state index in [1.54, 1.807) is 13.2 Å². The summed E-state index contributed by atoms with van der Waals surface area (Å²) in [7, 11) is 3.21. The zero-order valence-electron chi connectivity index (χ0n) is 15.8. The van der Waals surface area contributed by atoms with Crippen LogP contribution in [0, 0.1) is 6.92 Å². The van der Waals surface area contributed by atoms with Crippen LogP contribution in [0.3, 0.4) is 0 Å². The summed E-state index contributed by atoms with van der Waals surface area (Å²) in [5.74, 6) is 0. The van der Waals surface area contributed by atoms with Crippen LogP contribution in [0.5, 0.6) is 0 Å². The summed E-state index contributed by atoms with van der Waals surface area (Å²) in [4.78, 5) is 30.4. The van der Waals surface area contributed by atoms with E-state index in [0.717, 1.165) is 37.9 Å². The summed E-state index contributed by atoms with van der Waals surface area (Å²) in [6.07, 6.45) is 1.74. The van der Waals surface area contributed by atoms with E-state index in [4.69, 9.17) is 0 Å². The number of fused-ring (bicyclic) bond motifs is 5. The van der Waals surface area contributed by atoms with Crippen molar-refractivity contribution < 1.29 is 0 Å². The zero-order valence-corrected chi connectivity index (χ0v) is 15.8. The molecule has 2 aromatic carbocycles. The Balaban J connectivity index is 2.19. The Morgan fingerprint density at radius 3 is 2.46 bits per heavy atom. The van der Waals surface area contributed by atoms with E-state index in [1.807, 2.05) is 53.8 Å². The van der Waals surface area contributed by atoms with Gasteiger partial charge in [0.2, 0.25) is 0 Å². The molecule has 0 atom stereocenters. The van der Waals surface area contributed by atoms with Gasteiger partial charge in [0.1, 0.15) is 0 Å². The minimum absolute atomic E-state index is 0.303. The Bertz CT molecular complexity index is 1540. The molecule has 3 aromatic heterocycles. The zero-order chi connectivity index (χ0) is 19.6. The predicted octanol–water partition coefficient (Wildman–Crippen LogP) is 3.01. The number of rotatable bonds is 1. The third-order valence-electron chi connectivity index (χ3n) is 5.35. The molecule has 0 amide bonds. The molecule has 0 fully saturated rings. The van der Waals surface area contributed by atoms with Crippen LogP contribution in [-0.2, 0) is 14.1 Å². The van der Waals surface area contributed by atoms with Gasteiger partial charge in [-0.15, -0.1) is 0 Å². The molecule has 5 aromatic rings. The molecule has 0 unspecified atom stereocenters. The van der Waals surface area contributed by atoms with Crippen LogP contribution in [-0.4, -0.2) is 18.5 Å². The normalized spacial score (nSPS) is 11.7. The molecule has 0 N–H and O–H groups in total. The highest BCUT2D eigenvalue weighted by Gasteiger charge is 2.22. The second-order valence-electron chi connectivity index (χ2n) is 7.12. The maximum atomic E-state index is 13.2. The van der Waals surface area contributed by atoms with Gasteiger partial charge < -0.3 is 4.40 Å². The van der Waals surface area contributed by atoms with Crippen LogP contribution in [0.2, 0.25) is 0 Å². The highest BCUT2D eigenvalue weighted by molar-refractivity contribution is 6.06. The van der Waals surface area contributed by atoms with E-state index in [1.165, 1.54) is 11.6 Å². The molecule has 0 radical (unpaired) electrons. The molecule has 0 aliphatic heterocycles. The van der Waals surface area contributed by atoms with Gasteiger partial charge in [0, 0.05) is 14.1 Å². The molecular weight excluding hydrogens is 352 g/mol. The number of aryl methyl sites for hydroxylation is 2. The first kappa shape index (κ1) is 16.5. The molecule has 0 bridgehead atoms. The SMILES string of the molecule is Cc1cccc(-c2c3c(=O)n(C)c(=O)n(C)c3c3cnc4ccccc4n23)c1. The van der Waals surface area contributed by atoms with Crippen molar-refractivity contribution >= 4 is 27.5 Å². The predicted molar refractivity (Wildman–Crippen MR) is 111 cm³/mol. The maximum Gasteiger partial charge on any atom is 0.331 e. The number of hydrogen-bond donors (Lipinski definition) is 0. The molecule has 6 heteroatoms. The molecule has 0 saturated carbocycles. The maximum absolute atomic E-state index is 13.2. The molecule has 138 valence electrons. The van der Waals surface area contributed by atoms with Crippen LogP contribution in [0.25, 0.3) is 38.7 Å². The summed E-state index contributed by atoms with van der Waals surface area (Å²) in [5, 5.41) is 0.522. The van der Waals surface area contributed by atoms with Gasteiger partial charge in [-0.05, 0) is 30.7 Å². The smallest absolute Gasteiger partial charge is 0.303 e.